The maximum absolute atomic E-state index is 13.8. The van der Waals surface area contributed by atoms with Gasteiger partial charge in [-0.15, -0.1) is 0 Å². The lowest BCUT2D eigenvalue weighted by atomic mass is 9.81. The Morgan fingerprint density at radius 3 is 2.79 bits per heavy atom. The second-order valence-electron chi connectivity index (χ2n) is 8.86. The highest BCUT2D eigenvalue weighted by atomic mass is 35.5. The zero-order valence-corrected chi connectivity index (χ0v) is 19.1. The van der Waals surface area contributed by atoms with Gasteiger partial charge in [0, 0.05) is 47.2 Å². The molecule has 4 aromatic rings. The molecule has 1 amide bonds. The Bertz CT molecular complexity index is 1340. The van der Waals surface area contributed by atoms with Gasteiger partial charge < -0.3 is 4.90 Å². The van der Waals surface area contributed by atoms with E-state index < -0.39 is 0 Å². The number of nitrogens with zero attached hydrogens (tertiary/aromatic N) is 5. The molecule has 6 rings (SSSR count). The molecule has 6 nitrogen and oxygen atoms in total. The molecule has 33 heavy (non-hydrogen) atoms. The van der Waals surface area contributed by atoms with E-state index in [4.69, 9.17) is 16.7 Å². The van der Waals surface area contributed by atoms with Gasteiger partial charge in [-0.1, -0.05) is 29.8 Å². The first-order valence-electron chi connectivity index (χ1n) is 11.3. The molecule has 2 aromatic carbocycles. The summed E-state index contributed by atoms with van der Waals surface area (Å²) in [5.74, 6) is 0.0688. The lowest BCUT2D eigenvalue weighted by Gasteiger charge is -2.45. The van der Waals surface area contributed by atoms with Gasteiger partial charge >= 0.3 is 0 Å². The van der Waals surface area contributed by atoms with Crippen molar-refractivity contribution >= 4 is 17.5 Å². The molecule has 0 radical (unpaired) electrons. The molecule has 7 heteroatoms. The van der Waals surface area contributed by atoms with Crippen LogP contribution in [0, 0.1) is 0 Å². The molecule has 2 bridgehead atoms. The van der Waals surface area contributed by atoms with Gasteiger partial charge in [0.2, 0.25) is 0 Å². The minimum atomic E-state index is -0.00695. The van der Waals surface area contributed by atoms with Gasteiger partial charge in [0.05, 0.1) is 23.1 Å². The third kappa shape index (κ3) is 3.37. The first-order chi connectivity index (χ1) is 16.1. The number of amides is 1. The molecule has 1 fully saturated rings. The highest BCUT2D eigenvalue weighted by molar-refractivity contribution is 6.30. The van der Waals surface area contributed by atoms with Crippen molar-refractivity contribution in [1.29, 1.82) is 0 Å². The monoisotopic (exact) mass is 457 g/mol. The maximum atomic E-state index is 13.8. The van der Waals surface area contributed by atoms with E-state index in [1.165, 1.54) is 5.56 Å². The minimum absolute atomic E-state index is 0.00695. The average Bonchev–Trinajstić information content (AvgIpc) is 3.46. The number of carbonyl (C=O) groups is 1. The van der Waals surface area contributed by atoms with E-state index in [1.807, 2.05) is 66.5 Å². The van der Waals surface area contributed by atoms with Crippen LogP contribution in [0.15, 0.2) is 67.0 Å². The normalized spacial score (nSPS) is 19.4. The van der Waals surface area contributed by atoms with E-state index in [2.05, 4.69) is 16.1 Å². The molecule has 0 saturated carbocycles. The number of benzene rings is 2. The fraction of sp³-hybridized carbons (Fsp3) is 0.269. The largest absolute Gasteiger partial charge is 0.327 e. The Labute approximate surface area is 197 Å². The van der Waals surface area contributed by atoms with Crippen LogP contribution in [0.1, 0.15) is 46.9 Å². The van der Waals surface area contributed by atoms with Crippen LogP contribution in [0.4, 0.5) is 0 Å². The average molecular weight is 458 g/mol. The SMILES string of the molecule is Cn1nc2c(c1-c1cccc(Cl)c1)C[C@@H]1CCC[C@H]2N1C(=O)c1cccc(-n2cccn2)c1. The molecule has 0 unspecified atom stereocenters. The summed E-state index contributed by atoms with van der Waals surface area (Å²) in [6.45, 7) is 0. The van der Waals surface area contributed by atoms with Gasteiger partial charge in [0.15, 0.2) is 0 Å². The van der Waals surface area contributed by atoms with Crippen molar-refractivity contribution in [3.05, 3.63) is 88.8 Å². The van der Waals surface area contributed by atoms with Crippen LogP contribution in [0.2, 0.25) is 5.02 Å². The summed E-state index contributed by atoms with van der Waals surface area (Å²) >= 11 is 6.29. The molecule has 0 spiro atoms. The summed E-state index contributed by atoms with van der Waals surface area (Å²) in [5, 5.41) is 9.95. The fourth-order valence-corrected chi connectivity index (χ4v) is 5.69. The second-order valence-corrected chi connectivity index (χ2v) is 9.30. The predicted octanol–water partition coefficient (Wildman–Crippen LogP) is 5.22. The molecule has 2 aliphatic heterocycles. The van der Waals surface area contributed by atoms with Crippen LogP contribution >= 0.6 is 11.6 Å². The summed E-state index contributed by atoms with van der Waals surface area (Å²) in [7, 11) is 1.98. The number of rotatable bonds is 3. The molecule has 2 atom stereocenters. The van der Waals surface area contributed by atoms with Gasteiger partial charge in [0.1, 0.15) is 0 Å². The van der Waals surface area contributed by atoms with Crippen molar-refractivity contribution in [3.8, 4) is 16.9 Å². The number of piperidine rings is 1. The summed E-state index contributed by atoms with van der Waals surface area (Å²) in [6.07, 6.45) is 7.48. The third-order valence-electron chi connectivity index (χ3n) is 6.87. The van der Waals surface area contributed by atoms with Crippen LogP contribution in [-0.2, 0) is 13.5 Å². The maximum Gasteiger partial charge on any atom is 0.254 e. The Morgan fingerprint density at radius 2 is 1.97 bits per heavy atom. The van der Waals surface area contributed by atoms with Crippen LogP contribution in [0.3, 0.4) is 0 Å². The first-order valence-corrected chi connectivity index (χ1v) is 11.7. The summed E-state index contributed by atoms with van der Waals surface area (Å²) in [6, 6.07) is 17.7. The lowest BCUT2D eigenvalue weighted by Crippen LogP contribution is -2.49. The second kappa shape index (κ2) is 7.89. The highest BCUT2D eigenvalue weighted by Gasteiger charge is 2.43. The Morgan fingerprint density at radius 1 is 1.09 bits per heavy atom. The van der Waals surface area contributed by atoms with Crippen molar-refractivity contribution < 1.29 is 4.79 Å². The van der Waals surface area contributed by atoms with Gasteiger partial charge in [-0.2, -0.15) is 10.2 Å². The quantitative estimate of drug-likeness (QED) is 0.424. The summed E-state index contributed by atoms with van der Waals surface area (Å²) in [4.78, 5) is 15.9. The van der Waals surface area contributed by atoms with Crippen molar-refractivity contribution in [3.63, 3.8) is 0 Å². The van der Waals surface area contributed by atoms with Crippen LogP contribution in [-0.4, -0.2) is 36.4 Å². The minimum Gasteiger partial charge on any atom is -0.327 e. The Hall–Kier alpha value is -3.38. The van der Waals surface area contributed by atoms with E-state index >= 15 is 0 Å². The number of halogens is 1. The van der Waals surface area contributed by atoms with Crippen LogP contribution in [0.25, 0.3) is 16.9 Å². The molecule has 2 aromatic heterocycles. The molecular formula is C26H24ClN5O. The van der Waals surface area contributed by atoms with Gasteiger partial charge in [-0.05, 0) is 62.1 Å². The summed E-state index contributed by atoms with van der Waals surface area (Å²) < 4.78 is 3.74. The first kappa shape index (κ1) is 20.2. The fourth-order valence-electron chi connectivity index (χ4n) is 5.50. The van der Waals surface area contributed by atoms with Crippen molar-refractivity contribution in [2.24, 2.45) is 7.05 Å². The highest BCUT2D eigenvalue weighted by Crippen LogP contribution is 2.45. The summed E-state index contributed by atoms with van der Waals surface area (Å²) in [5.41, 5.74) is 6.04. The van der Waals surface area contributed by atoms with Crippen molar-refractivity contribution in [2.45, 2.75) is 37.8 Å². The molecule has 1 saturated heterocycles. The van der Waals surface area contributed by atoms with Crippen LogP contribution in [0.5, 0.6) is 0 Å². The number of hydrogen-bond donors (Lipinski definition) is 0. The van der Waals surface area contributed by atoms with Crippen molar-refractivity contribution in [1.82, 2.24) is 24.5 Å². The zero-order chi connectivity index (χ0) is 22.5. The molecular weight excluding hydrogens is 434 g/mol. The molecule has 0 N–H and O–H groups in total. The number of hydrogen-bond acceptors (Lipinski definition) is 3. The number of aryl methyl sites for hydroxylation is 1. The van der Waals surface area contributed by atoms with Crippen LogP contribution < -0.4 is 0 Å². The Balaban J connectivity index is 1.39. The molecule has 0 aliphatic carbocycles. The number of carbonyl (C=O) groups excluding carboxylic acids is 1. The molecule has 166 valence electrons. The van der Waals surface area contributed by atoms with E-state index in [0.29, 0.717) is 10.6 Å². The van der Waals surface area contributed by atoms with E-state index in [0.717, 1.165) is 48.3 Å². The molecule has 4 heterocycles. The number of fused-ring (bicyclic) bond motifs is 4. The Kier molecular flexibility index (Phi) is 4.84. The standard InChI is InChI=1S/C26H24ClN5O/c1-30-25(17-6-2-8-19(27)14-17)22-16-21-10-4-11-23(24(22)29-30)32(21)26(33)18-7-3-9-20(15-18)31-13-5-12-28-31/h2-3,5-9,12-15,21,23H,4,10-11,16H2,1H3/t21-,23+/m0/s1. The molecule has 2 aliphatic rings. The van der Waals surface area contributed by atoms with E-state index in [9.17, 15) is 4.79 Å². The van der Waals surface area contributed by atoms with Crippen molar-refractivity contribution in [2.75, 3.05) is 0 Å². The van der Waals surface area contributed by atoms with Gasteiger partial charge in [-0.25, -0.2) is 4.68 Å². The van der Waals surface area contributed by atoms with E-state index in [-0.39, 0.29) is 18.0 Å². The van der Waals surface area contributed by atoms with Gasteiger partial charge in [0.25, 0.3) is 5.91 Å². The van der Waals surface area contributed by atoms with Gasteiger partial charge in [-0.3, -0.25) is 9.48 Å². The predicted molar refractivity (Wildman–Crippen MR) is 127 cm³/mol. The topological polar surface area (TPSA) is 56.0 Å². The van der Waals surface area contributed by atoms with E-state index in [1.54, 1.807) is 10.9 Å². The third-order valence-corrected chi connectivity index (χ3v) is 7.11. The lowest BCUT2D eigenvalue weighted by molar-refractivity contribution is 0.0392. The smallest absolute Gasteiger partial charge is 0.254 e. The number of aromatic nitrogens is 4. The zero-order valence-electron chi connectivity index (χ0n) is 18.4.